The first-order valence-electron chi connectivity index (χ1n) is 6.52. The molecule has 2 aliphatic rings. The second-order valence-electron chi connectivity index (χ2n) is 6.25. The van der Waals surface area contributed by atoms with Gasteiger partial charge in [0.2, 0.25) is 0 Å². The van der Waals surface area contributed by atoms with Gasteiger partial charge in [0.25, 0.3) is 0 Å². The van der Waals surface area contributed by atoms with Crippen molar-refractivity contribution in [2.45, 2.75) is 46.1 Å². The summed E-state index contributed by atoms with van der Waals surface area (Å²) in [5, 5.41) is 5.91. The van der Waals surface area contributed by atoms with Crippen LogP contribution in [-0.2, 0) is 0 Å². The number of amides is 2. The molecule has 2 N–H and O–H groups in total. The molecule has 17 heavy (non-hydrogen) atoms. The number of halogens is 1. The van der Waals surface area contributed by atoms with E-state index in [0.717, 1.165) is 12.3 Å². The number of rotatable bonds is 3. The summed E-state index contributed by atoms with van der Waals surface area (Å²) in [7, 11) is 0. The molecular formula is C13H23ClN2O. The molecule has 2 rings (SSSR count). The van der Waals surface area contributed by atoms with Crippen LogP contribution in [0.2, 0.25) is 0 Å². The fourth-order valence-electron chi connectivity index (χ4n) is 3.79. The van der Waals surface area contributed by atoms with Gasteiger partial charge < -0.3 is 10.6 Å². The van der Waals surface area contributed by atoms with Crippen LogP contribution in [0.1, 0.15) is 40.0 Å². The summed E-state index contributed by atoms with van der Waals surface area (Å²) in [6.07, 6.45) is 3.66. The van der Waals surface area contributed by atoms with E-state index in [9.17, 15) is 4.79 Å². The number of alkyl halides is 1. The second-order valence-corrected chi connectivity index (χ2v) is 6.63. The van der Waals surface area contributed by atoms with Crippen LogP contribution in [0.3, 0.4) is 0 Å². The van der Waals surface area contributed by atoms with E-state index < -0.39 is 0 Å². The molecule has 0 unspecified atom stereocenters. The molecule has 0 saturated heterocycles. The van der Waals surface area contributed by atoms with Gasteiger partial charge >= 0.3 is 6.03 Å². The Morgan fingerprint density at radius 2 is 2.12 bits per heavy atom. The molecule has 0 aromatic rings. The first-order chi connectivity index (χ1) is 7.91. The number of hydrogen-bond donors (Lipinski definition) is 2. The highest BCUT2D eigenvalue weighted by atomic mass is 35.5. The lowest BCUT2D eigenvalue weighted by atomic mass is 9.69. The quantitative estimate of drug-likeness (QED) is 0.751. The SMILES string of the molecule is CC1(C)[C@@H]2CC[C@]1(C)[C@H](NC(=O)NCCCl)C2. The zero-order chi connectivity index (χ0) is 12.7. The van der Waals surface area contributed by atoms with Crippen LogP contribution in [0, 0.1) is 16.7 Å². The number of carbonyl (C=O) groups is 1. The van der Waals surface area contributed by atoms with Crippen LogP contribution in [0.4, 0.5) is 4.79 Å². The lowest BCUT2D eigenvalue weighted by Gasteiger charge is -2.39. The van der Waals surface area contributed by atoms with Crippen molar-refractivity contribution in [2.24, 2.45) is 16.7 Å². The molecule has 3 atom stereocenters. The van der Waals surface area contributed by atoms with Crippen molar-refractivity contribution in [1.82, 2.24) is 10.6 Å². The standard InChI is InChI=1S/C13H23ClN2O/c1-12(2)9-4-5-13(12,3)10(8-9)16-11(17)15-7-6-14/h9-10H,4-8H2,1-3H3,(H2,15,16,17)/t9-,10-,13-/m1/s1. The van der Waals surface area contributed by atoms with Gasteiger partial charge in [-0.3, -0.25) is 0 Å². The number of hydrogen-bond acceptors (Lipinski definition) is 1. The van der Waals surface area contributed by atoms with E-state index in [2.05, 4.69) is 31.4 Å². The van der Waals surface area contributed by atoms with Gasteiger partial charge in [-0.1, -0.05) is 20.8 Å². The van der Waals surface area contributed by atoms with Gasteiger partial charge in [0.15, 0.2) is 0 Å². The van der Waals surface area contributed by atoms with Crippen molar-refractivity contribution in [3.63, 3.8) is 0 Å². The summed E-state index contributed by atoms with van der Waals surface area (Å²) >= 11 is 5.56. The molecule has 98 valence electrons. The summed E-state index contributed by atoms with van der Waals surface area (Å²) in [6.45, 7) is 7.56. The highest BCUT2D eigenvalue weighted by Crippen LogP contribution is 2.65. The fourth-order valence-corrected chi connectivity index (χ4v) is 3.89. The van der Waals surface area contributed by atoms with Crippen molar-refractivity contribution >= 4 is 17.6 Å². The Labute approximate surface area is 109 Å². The van der Waals surface area contributed by atoms with Crippen molar-refractivity contribution in [1.29, 1.82) is 0 Å². The third-order valence-corrected chi connectivity index (χ3v) is 5.67. The van der Waals surface area contributed by atoms with E-state index >= 15 is 0 Å². The Bertz CT molecular complexity index is 319. The van der Waals surface area contributed by atoms with E-state index in [-0.39, 0.29) is 11.4 Å². The minimum Gasteiger partial charge on any atom is -0.337 e. The van der Waals surface area contributed by atoms with Crippen LogP contribution in [0.5, 0.6) is 0 Å². The van der Waals surface area contributed by atoms with Crippen LogP contribution in [-0.4, -0.2) is 24.5 Å². The van der Waals surface area contributed by atoms with E-state index in [1.165, 1.54) is 12.8 Å². The van der Waals surface area contributed by atoms with Crippen molar-refractivity contribution in [2.75, 3.05) is 12.4 Å². The molecule has 0 radical (unpaired) electrons. The summed E-state index contributed by atoms with van der Waals surface area (Å²) in [4.78, 5) is 11.7. The van der Waals surface area contributed by atoms with Gasteiger partial charge in [-0.15, -0.1) is 11.6 Å². The van der Waals surface area contributed by atoms with E-state index in [1.54, 1.807) is 0 Å². The molecule has 0 spiro atoms. The Balaban J connectivity index is 1.98. The maximum Gasteiger partial charge on any atom is 0.315 e. The van der Waals surface area contributed by atoms with Crippen molar-refractivity contribution in [3.8, 4) is 0 Å². The smallest absolute Gasteiger partial charge is 0.315 e. The number of nitrogens with one attached hydrogen (secondary N) is 2. The van der Waals surface area contributed by atoms with Gasteiger partial charge in [0, 0.05) is 18.5 Å². The van der Waals surface area contributed by atoms with Gasteiger partial charge in [-0.05, 0) is 36.0 Å². The average molecular weight is 259 g/mol. The normalized spacial score (nSPS) is 38.1. The maximum absolute atomic E-state index is 11.7. The van der Waals surface area contributed by atoms with Crippen LogP contribution >= 0.6 is 11.6 Å². The fraction of sp³-hybridized carbons (Fsp3) is 0.923. The molecule has 4 heteroatoms. The van der Waals surface area contributed by atoms with Crippen LogP contribution in [0.25, 0.3) is 0 Å². The monoisotopic (exact) mass is 258 g/mol. The highest BCUT2D eigenvalue weighted by molar-refractivity contribution is 6.18. The summed E-state index contributed by atoms with van der Waals surface area (Å²) in [5.74, 6) is 1.22. The van der Waals surface area contributed by atoms with Crippen LogP contribution in [0.15, 0.2) is 0 Å². The zero-order valence-electron chi connectivity index (χ0n) is 11.0. The Kier molecular flexibility index (Phi) is 3.32. The van der Waals surface area contributed by atoms with E-state index in [4.69, 9.17) is 11.6 Å². The molecule has 2 aliphatic carbocycles. The summed E-state index contributed by atoms with van der Waals surface area (Å²) in [5.41, 5.74) is 0.591. The first-order valence-corrected chi connectivity index (χ1v) is 7.05. The van der Waals surface area contributed by atoms with E-state index in [1.807, 2.05) is 0 Å². The third kappa shape index (κ3) is 1.92. The lowest BCUT2D eigenvalue weighted by molar-refractivity contribution is 0.123. The molecular weight excluding hydrogens is 236 g/mol. The molecule has 3 nitrogen and oxygen atoms in total. The molecule has 0 aromatic heterocycles. The predicted molar refractivity (Wildman–Crippen MR) is 70.3 cm³/mol. The Hall–Kier alpha value is -0.440. The molecule has 2 fully saturated rings. The molecule has 0 heterocycles. The van der Waals surface area contributed by atoms with Gasteiger partial charge in [-0.25, -0.2) is 4.79 Å². The average Bonchev–Trinajstić information content (AvgIpc) is 2.59. The lowest BCUT2D eigenvalue weighted by Crippen LogP contribution is -2.50. The highest BCUT2D eigenvalue weighted by Gasteiger charge is 2.61. The van der Waals surface area contributed by atoms with Crippen molar-refractivity contribution in [3.05, 3.63) is 0 Å². The molecule has 0 aliphatic heterocycles. The van der Waals surface area contributed by atoms with E-state index in [0.29, 0.717) is 23.9 Å². The van der Waals surface area contributed by atoms with Gasteiger partial charge in [-0.2, -0.15) is 0 Å². The molecule has 2 bridgehead atoms. The summed E-state index contributed by atoms with van der Waals surface area (Å²) < 4.78 is 0. The summed E-state index contributed by atoms with van der Waals surface area (Å²) in [6, 6.07) is 0.242. The molecule has 0 aromatic carbocycles. The topological polar surface area (TPSA) is 41.1 Å². The predicted octanol–water partition coefficient (Wildman–Crippen LogP) is 2.74. The minimum absolute atomic E-state index is 0.0692. The zero-order valence-corrected chi connectivity index (χ0v) is 11.7. The van der Waals surface area contributed by atoms with Gasteiger partial charge in [0.1, 0.15) is 0 Å². The Morgan fingerprint density at radius 3 is 2.59 bits per heavy atom. The second kappa shape index (κ2) is 4.34. The minimum atomic E-state index is -0.0692. The molecule has 2 amide bonds. The molecule has 2 saturated carbocycles. The van der Waals surface area contributed by atoms with Crippen molar-refractivity contribution < 1.29 is 4.79 Å². The number of urea groups is 1. The van der Waals surface area contributed by atoms with Crippen LogP contribution < -0.4 is 10.6 Å². The first kappa shape index (κ1) is 13.0. The third-order valence-electron chi connectivity index (χ3n) is 5.48. The number of carbonyl (C=O) groups excluding carboxylic acids is 1. The Morgan fingerprint density at radius 1 is 1.41 bits per heavy atom. The maximum atomic E-state index is 11.7. The van der Waals surface area contributed by atoms with Gasteiger partial charge in [0.05, 0.1) is 0 Å². The largest absolute Gasteiger partial charge is 0.337 e. The number of fused-ring (bicyclic) bond motifs is 2.